The molecule has 4 heteroatoms. The summed E-state index contributed by atoms with van der Waals surface area (Å²) in [5, 5.41) is 17.3. The Balaban J connectivity index is 2.76. The van der Waals surface area contributed by atoms with Gasteiger partial charge in [0.05, 0.1) is 0 Å². The van der Waals surface area contributed by atoms with Crippen molar-refractivity contribution in [3.05, 3.63) is 46.1 Å². The fourth-order valence-corrected chi connectivity index (χ4v) is 1.40. The van der Waals surface area contributed by atoms with Crippen molar-refractivity contribution in [2.75, 3.05) is 0 Å². The Morgan fingerprint density at radius 2 is 2.00 bits per heavy atom. The van der Waals surface area contributed by atoms with Crippen LogP contribution in [0.2, 0.25) is 0 Å². The maximum atomic E-state index is 10.3. The van der Waals surface area contributed by atoms with Crippen LogP contribution in [0, 0.1) is 0 Å². The van der Waals surface area contributed by atoms with E-state index in [1.165, 1.54) is 6.08 Å². The van der Waals surface area contributed by atoms with Crippen LogP contribution in [-0.2, 0) is 11.2 Å². The fraction of sp³-hybridized carbons (Fsp3) is 0.100. The third-order valence-electron chi connectivity index (χ3n) is 1.69. The molecule has 1 aromatic rings. The fourth-order valence-electron chi connectivity index (χ4n) is 0.958. The smallest absolute Gasteiger partial charge is 0.370 e. The lowest BCUT2D eigenvalue weighted by Gasteiger charge is -1.99. The van der Waals surface area contributed by atoms with Gasteiger partial charge in [0.2, 0.25) is 0 Å². The highest BCUT2D eigenvalue weighted by Gasteiger charge is 2.03. The predicted molar refractivity (Wildman–Crippen MR) is 56.2 cm³/mol. The maximum Gasteiger partial charge on any atom is 0.370 e. The number of benzene rings is 1. The van der Waals surface area contributed by atoms with Crippen molar-refractivity contribution in [1.29, 1.82) is 0 Å². The highest BCUT2D eigenvalue weighted by atomic mass is 79.9. The van der Waals surface area contributed by atoms with Gasteiger partial charge in [0.1, 0.15) is 0 Å². The van der Waals surface area contributed by atoms with E-state index in [1.54, 1.807) is 0 Å². The molecule has 0 heterocycles. The lowest BCUT2D eigenvalue weighted by atomic mass is 10.1. The standard InChI is InChI=1S/C10H9BrO3/c11-8-4-2-1-3-7(8)5-6-9(12)10(13)14/h1-4,6,12H,5H2,(H,13,14)/b9-6-. The number of aliphatic hydroxyl groups excluding tert-OH is 1. The van der Waals surface area contributed by atoms with E-state index in [0.29, 0.717) is 6.42 Å². The van der Waals surface area contributed by atoms with E-state index in [4.69, 9.17) is 10.2 Å². The predicted octanol–water partition coefficient (Wildman–Crippen LogP) is 2.52. The molecule has 0 bridgehead atoms. The largest absolute Gasteiger partial charge is 0.502 e. The normalized spacial score (nSPS) is 11.4. The number of aliphatic carboxylic acids is 1. The van der Waals surface area contributed by atoms with Gasteiger partial charge in [0, 0.05) is 4.47 Å². The summed E-state index contributed by atoms with van der Waals surface area (Å²) in [4.78, 5) is 10.3. The third kappa shape index (κ3) is 2.88. The molecule has 0 aliphatic heterocycles. The summed E-state index contributed by atoms with van der Waals surface area (Å²) in [5.74, 6) is -1.93. The topological polar surface area (TPSA) is 57.5 Å². The Hall–Kier alpha value is -1.29. The van der Waals surface area contributed by atoms with Crippen LogP contribution in [0.5, 0.6) is 0 Å². The van der Waals surface area contributed by atoms with Crippen LogP contribution in [-0.4, -0.2) is 16.2 Å². The van der Waals surface area contributed by atoms with E-state index < -0.39 is 11.7 Å². The van der Waals surface area contributed by atoms with Crippen LogP contribution in [0.25, 0.3) is 0 Å². The number of carboxylic acid groups (broad SMARTS) is 1. The first-order chi connectivity index (χ1) is 6.61. The zero-order valence-electron chi connectivity index (χ0n) is 7.27. The first-order valence-electron chi connectivity index (χ1n) is 3.97. The molecule has 0 radical (unpaired) electrons. The Morgan fingerprint density at radius 3 is 2.57 bits per heavy atom. The molecule has 0 amide bonds. The number of carbonyl (C=O) groups is 1. The maximum absolute atomic E-state index is 10.3. The van der Waals surface area contributed by atoms with Crippen molar-refractivity contribution in [2.24, 2.45) is 0 Å². The molecule has 0 unspecified atom stereocenters. The number of aliphatic hydroxyl groups is 1. The van der Waals surface area contributed by atoms with Crippen LogP contribution in [0.4, 0.5) is 0 Å². The molecule has 74 valence electrons. The average Bonchev–Trinajstić information content (AvgIpc) is 2.16. The molecule has 0 aliphatic rings. The minimum atomic E-state index is -1.31. The molecule has 1 aromatic carbocycles. The minimum absolute atomic E-state index is 0.388. The van der Waals surface area contributed by atoms with E-state index in [1.807, 2.05) is 24.3 Å². The van der Waals surface area contributed by atoms with Crippen molar-refractivity contribution in [2.45, 2.75) is 6.42 Å². The van der Waals surface area contributed by atoms with Gasteiger partial charge < -0.3 is 10.2 Å². The number of hydrogen-bond acceptors (Lipinski definition) is 2. The number of rotatable bonds is 3. The summed E-state index contributed by atoms with van der Waals surface area (Å²) < 4.78 is 0.898. The number of carboxylic acids is 1. The number of allylic oxidation sites excluding steroid dienone is 1. The van der Waals surface area contributed by atoms with Crippen molar-refractivity contribution in [3.8, 4) is 0 Å². The average molecular weight is 257 g/mol. The van der Waals surface area contributed by atoms with Gasteiger partial charge in [-0.1, -0.05) is 34.1 Å². The Bertz CT molecular complexity index is 371. The van der Waals surface area contributed by atoms with Crippen molar-refractivity contribution in [3.63, 3.8) is 0 Å². The molecule has 0 spiro atoms. The van der Waals surface area contributed by atoms with Crippen LogP contribution in [0.3, 0.4) is 0 Å². The quantitative estimate of drug-likeness (QED) is 0.646. The zero-order chi connectivity index (χ0) is 10.6. The van der Waals surface area contributed by atoms with Gasteiger partial charge in [-0.05, 0) is 24.1 Å². The number of halogens is 1. The molecule has 0 saturated heterocycles. The zero-order valence-corrected chi connectivity index (χ0v) is 8.86. The van der Waals surface area contributed by atoms with Crippen LogP contribution in [0.15, 0.2) is 40.6 Å². The summed E-state index contributed by atoms with van der Waals surface area (Å²) in [6, 6.07) is 7.44. The van der Waals surface area contributed by atoms with Gasteiger partial charge in [-0.2, -0.15) is 0 Å². The van der Waals surface area contributed by atoms with E-state index >= 15 is 0 Å². The summed E-state index contributed by atoms with van der Waals surface area (Å²) in [7, 11) is 0. The second-order valence-corrected chi connectivity index (χ2v) is 3.54. The van der Waals surface area contributed by atoms with Gasteiger partial charge >= 0.3 is 5.97 Å². The Labute approximate surface area is 89.8 Å². The third-order valence-corrected chi connectivity index (χ3v) is 2.47. The molecule has 0 atom stereocenters. The molecule has 3 nitrogen and oxygen atoms in total. The molecule has 2 N–H and O–H groups in total. The summed E-state index contributed by atoms with van der Waals surface area (Å²) >= 11 is 3.33. The molecule has 0 saturated carbocycles. The van der Waals surface area contributed by atoms with Gasteiger partial charge in [-0.3, -0.25) is 0 Å². The molecule has 0 aromatic heterocycles. The summed E-state index contributed by atoms with van der Waals surface area (Å²) in [6.45, 7) is 0. The minimum Gasteiger partial charge on any atom is -0.502 e. The second-order valence-electron chi connectivity index (χ2n) is 2.69. The van der Waals surface area contributed by atoms with Crippen LogP contribution >= 0.6 is 15.9 Å². The van der Waals surface area contributed by atoms with E-state index in [0.717, 1.165) is 10.0 Å². The Kier molecular flexibility index (Phi) is 3.71. The molecule has 1 rings (SSSR count). The summed E-state index contributed by atoms with van der Waals surface area (Å²) in [5.41, 5.74) is 0.931. The van der Waals surface area contributed by atoms with E-state index in [2.05, 4.69) is 15.9 Å². The highest BCUT2D eigenvalue weighted by Crippen LogP contribution is 2.16. The molecule has 0 aliphatic carbocycles. The first-order valence-corrected chi connectivity index (χ1v) is 4.76. The van der Waals surface area contributed by atoms with Crippen molar-refractivity contribution < 1.29 is 15.0 Å². The van der Waals surface area contributed by atoms with E-state index in [9.17, 15) is 4.79 Å². The molecular formula is C10H9BrO3. The van der Waals surface area contributed by atoms with Gasteiger partial charge in [-0.15, -0.1) is 0 Å². The van der Waals surface area contributed by atoms with Gasteiger partial charge in [0.25, 0.3) is 0 Å². The Morgan fingerprint density at radius 1 is 1.36 bits per heavy atom. The van der Waals surface area contributed by atoms with Crippen LogP contribution < -0.4 is 0 Å². The highest BCUT2D eigenvalue weighted by molar-refractivity contribution is 9.10. The first kappa shape index (κ1) is 10.8. The SMILES string of the molecule is O=C(O)/C(O)=C/Cc1ccccc1Br. The van der Waals surface area contributed by atoms with Crippen molar-refractivity contribution >= 4 is 21.9 Å². The molecular weight excluding hydrogens is 248 g/mol. The monoisotopic (exact) mass is 256 g/mol. The van der Waals surface area contributed by atoms with E-state index in [-0.39, 0.29) is 0 Å². The van der Waals surface area contributed by atoms with Crippen LogP contribution in [0.1, 0.15) is 5.56 Å². The van der Waals surface area contributed by atoms with Crippen molar-refractivity contribution in [1.82, 2.24) is 0 Å². The lowest BCUT2D eigenvalue weighted by molar-refractivity contribution is -0.135. The second kappa shape index (κ2) is 4.81. The van der Waals surface area contributed by atoms with Gasteiger partial charge in [0.15, 0.2) is 5.76 Å². The number of hydrogen-bond donors (Lipinski definition) is 2. The van der Waals surface area contributed by atoms with Gasteiger partial charge in [-0.25, -0.2) is 4.79 Å². The summed E-state index contributed by atoms with van der Waals surface area (Å²) in [6.07, 6.45) is 1.65. The molecule has 14 heavy (non-hydrogen) atoms. The molecule has 0 fully saturated rings. The lowest BCUT2D eigenvalue weighted by Crippen LogP contribution is -1.99.